The van der Waals surface area contributed by atoms with Gasteiger partial charge in [-0.2, -0.15) is 0 Å². The van der Waals surface area contributed by atoms with Crippen molar-refractivity contribution in [3.63, 3.8) is 0 Å². The van der Waals surface area contributed by atoms with Crippen molar-refractivity contribution in [3.8, 4) is 0 Å². The van der Waals surface area contributed by atoms with E-state index in [1.807, 2.05) is 0 Å². The quantitative estimate of drug-likeness (QED) is 0.492. The summed E-state index contributed by atoms with van der Waals surface area (Å²) in [5.41, 5.74) is 0. The summed E-state index contributed by atoms with van der Waals surface area (Å²) in [6, 6.07) is 0. The molecule has 0 nitrogen and oxygen atoms in total. The van der Waals surface area contributed by atoms with Gasteiger partial charge in [-0.1, -0.05) is 67.0 Å². The Morgan fingerprint density at radius 3 is 1.71 bits per heavy atom. The van der Waals surface area contributed by atoms with Crippen molar-refractivity contribution in [1.29, 1.82) is 0 Å². The van der Waals surface area contributed by atoms with Gasteiger partial charge >= 0.3 is 0 Å². The average molecular weight is 238 g/mol. The molecule has 0 radical (unpaired) electrons. The molecule has 5 unspecified atom stereocenters. The summed E-state index contributed by atoms with van der Waals surface area (Å²) in [5, 5.41) is 0. The minimum atomic E-state index is 0.698. The fraction of sp³-hybridized carbons (Fsp3) is 0.882. The molecule has 0 heteroatoms. The largest absolute Gasteiger partial charge is 0.0914 e. The summed E-state index contributed by atoms with van der Waals surface area (Å²) >= 11 is 0. The molecule has 0 fully saturated rings. The molecule has 5 atom stereocenters. The summed E-state index contributed by atoms with van der Waals surface area (Å²) in [4.78, 5) is 0. The second-order valence-corrected chi connectivity index (χ2v) is 6.28. The Morgan fingerprint density at radius 1 is 0.824 bits per heavy atom. The van der Waals surface area contributed by atoms with Gasteiger partial charge in [-0.05, 0) is 42.4 Å². The second-order valence-electron chi connectivity index (χ2n) is 6.28. The van der Waals surface area contributed by atoms with Gasteiger partial charge in [-0.25, -0.2) is 0 Å². The molecule has 0 amide bonds. The molecule has 0 saturated heterocycles. The van der Waals surface area contributed by atoms with E-state index in [4.69, 9.17) is 0 Å². The lowest BCUT2D eigenvalue weighted by atomic mass is 9.69. The molecule has 0 aromatic rings. The molecule has 0 rings (SSSR count). The van der Waals surface area contributed by atoms with E-state index in [0.717, 1.165) is 29.6 Å². The summed E-state index contributed by atoms with van der Waals surface area (Å²) < 4.78 is 0. The lowest BCUT2D eigenvalue weighted by molar-refractivity contribution is 0.137. The van der Waals surface area contributed by atoms with Crippen molar-refractivity contribution in [2.45, 2.75) is 61.8 Å². The van der Waals surface area contributed by atoms with E-state index < -0.39 is 0 Å². The van der Waals surface area contributed by atoms with Gasteiger partial charge < -0.3 is 0 Å². The third-order valence-electron chi connectivity index (χ3n) is 5.03. The van der Waals surface area contributed by atoms with Crippen molar-refractivity contribution in [2.75, 3.05) is 0 Å². The Labute approximate surface area is 110 Å². The Balaban J connectivity index is 4.68. The SMILES string of the molecule is CC=CC(C)C(C)C(C)C(CC)C(C)C(C)C. The van der Waals surface area contributed by atoms with Crippen LogP contribution in [0.3, 0.4) is 0 Å². The van der Waals surface area contributed by atoms with Crippen LogP contribution in [-0.2, 0) is 0 Å². The highest BCUT2D eigenvalue weighted by Gasteiger charge is 2.29. The van der Waals surface area contributed by atoms with Crippen LogP contribution < -0.4 is 0 Å². The number of allylic oxidation sites excluding steroid dienone is 2. The lowest BCUT2D eigenvalue weighted by Crippen LogP contribution is -2.29. The van der Waals surface area contributed by atoms with E-state index in [2.05, 4.69) is 67.5 Å². The standard InChI is InChI=1S/C17H34/c1-9-11-13(5)15(7)16(8)17(10-2)14(6)12(3)4/h9,11-17H,10H2,1-8H3. The van der Waals surface area contributed by atoms with Crippen molar-refractivity contribution >= 4 is 0 Å². The molecule has 0 aliphatic carbocycles. The van der Waals surface area contributed by atoms with Crippen LogP contribution in [-0.4, -0.2) is 0 Å². The minimum absolute atomic E-state index is 0.698. The van der Waals surface area contributed by atoms with E-state index in [1.165, 1.54) is 6.42 Å². The van der Waals surface area contributed by atoms with Gasteiger partial charge in [0.1, 0.15) is 0 Å². The third kappa shape index (κ3) is 4.85. The van der Waals surface area contributed by atoms with Crippen LogP contribution in [0.1, 0.15) is 61.8 Å². The first-order valence-corrected chi connectivity index (χ1v) is 7.49. The van der Waals surface area contributed by atoms with E-state index in [-0.39, 0.29) is 0 Å². The zero-order valence-corrected chi connectivity index (χ0v) is 13.3. The molecule has 17 heavy (non-hydrogen) atoms. The highest BCUT2D eigenvalue weighted by molar-refractivity contribution is 4.89. The van der Waals surface area contributed by atoms with Crippen LogP contribution in [0.5, 0.6) is 0 Å². The molecule has 0 saturated carbocycles. The van der Waals surface area contributed by atoms with Crippen LogP contribution in [0, 0.1) is 35.5 Å². The Bertz CT molecular complexity index is 214. The highest BCUT2D eigenvalue weighted by atomic mass is 14.3. The monoisotopic (exact) mass is 238 g/mol. The van der Waals surface area contributed by atoms with Crippen LogP contribution in [0.2, 0.25) is 0 Å². The Kier molecular flexibility index (Phi) is 7.83. The maximum atomic E-state index is 2.46. The number of hydrogen-bond acceptors (Lipinski definition) is 0. The van der Waals surface area contributed by atoms with Gasteiger partial charge in [-0.3, -0.25) is 0 Å². The first kappa shape index (κ1) is 16.7. The molecule has 0 aromatic carbocycles. The molecule has 0 aliphatic rings. The molecule has 0 bridgehead atoms. The molecular weight excluding hydrogens is 204 g/mol. The normalized spacial score (nSPS) is 21.5. The minimum Gasteiger partial charge on any atom is -0.0914 e. The third-order valence-corrected chi connectivity index (χ3v) is 5.03. The van der Waals surface area contributed by atoms with Crippen molar-refractivity contribution in [3.05, 3.63) is 12.2 Å². The summed E-state index contributed by atoms with van der Waals surface area (Å²) in [6.07, 6.45) is 5.86. The zero-order valence-electron chi connectivity index (χ0n) is 13.3. The van der Waals surface area contributed by atoms with Gasteiger partial charge in [0.25, 0.3) is 0 Å². The summed E-state index contributed by atoms with van der Waals surface area (Å²) in [7, 11) is 0. The lowest BCUT2D eigenvalue weighted by Gasteiger charge is -2.36. The van der Waals surface area contributed by atoms with Crippen LogP contribution in [0.15, 0.2) is 12.2 Å². The van der Waals surface area contributed by atoms with Crippen molar-refractivity contribution in [2.24, 2.45) is 35.5 Å². The second kappa shape index (κ2) is 7.95. The fourth-order valence-electron chi connectivity index (χ4n) is 3.06. The van der Waals surface area contributed by atoms with Crippen molar-refractivity contribution in [1.82, 2.24) is 0 Å². The predicted octanol–water partition coefficient (Wildman–Crippen LogP) is 5.79. The molecule has 0 aliphatic heterocycles. The molecule has 0 heterocycles. The topological polar surface area (TPSA) is 0 Å². The summed E-state index contributed by atoms with van der Waals surface area (Å²) in [5.74, 6) is 4.77. The van der Waals surface area contributed by atoms with E-state index >= 15 is 0 Å². The van der Waals surface area contributed by atoms with Gasteiger partial charge in [0, 0.05) is 0 Å². The van der Waals surface area contributed by atoms with Crippen LogP contribution in [0.4, 0.5) is 0 Å². The zero-order chi connectivity index (χ0) is 13.6. The fourth-order valence-corrected chi connectivity index (χ4v) is 3.06. The maximum Gasteiger partial charge on any atom is -0.0234 e. The smallest absolute Gasteiger partial charge is 0.0234 e. The number of rotatable bonds is 7. The van der Waals surface area contributed by atoms with E-state index in [0.29, 0.717) is 5.92 Å². The van der Waals surface area contributed by atoms with E-state index in [1.54, 1.807) is 0 Å². The summed E-state index contributed by atoms with van der Waals surface area (Å²) in [6.45, 7) is 18.9. The molecule has 102 valence electrons. The molecule has 0 spiro atoms. The Hall–Kier alpha value is -0.260. The highest BCUT2D eigenvalue weighted by Crippen LogP contribution is 2.36. The van der Waals surface area contributed by atoms with Crippen LogP contribution in [0.25, 0.3) is 0 Å². The first-order valence-electron chi connectivity index (χ1n) is 7.49. The van der Waals surface area contributed by atoms with Gasteiger partial charge in [0.15, 0.2) is 0 Å². The first-order chi connectivity index (χ1) is 7.86. The molecular formula is C17H34. The van der Waals surface area contributed by atoms with Crippen molar-refractivity contribution < 1.29 is 0 Å². The number of hydrogen-bond donors (Lipinski definition) is 0. The van der Waals surface area contributed by atoms with Gasteiger partial charge in [-0.15, -0.1) is 0 Å². The van der Waals surface area contributed by atoms with Crippen LogP contribution >= 0.6 is 0 Å². The average Bonchev–Trinajstić information content (AvgIpc) is 2.28. The van der Waals surface area contributed by atoms with Gasteiger partial charge in [0.05, 0.1) is 0 Å². The van der Waals surface area contributed by atoms with Gasteiger partial charge in [0.2, 0.25) is 0 Å². The molecule has 0 aromatic heterocycles. The molecule has 0 N–H and O–H groups in total. The predicted molar refractivity (Wildman–Crippen MR) is 80.1 cm³/mol. The maximum absolute atomic E-state index is 2.46. The Morgan fingerprint density at radius 2 is 1.35 bits per heavy atom. The van der Waals surface area contributed by atoms with E-state index in [9.17, 15) is 0 Å².